The Morgan fingerprint density at radius 2 is 1.94 bits per heavy atom. The lowest BCUT2D eigenvalue weighted by atomic mass is 10.2. The van der Waals surface area contributed by atoms with E-state index in [0.29, 0.717) is 6.04 Å². The second-order valence-corrected chi connectivity index (χ2v) is 4.34. The number of nitrogens with zero attached hydrogens (tertiary/aromatic N) is 3. The summed E-state index contributed by atoms with van der Waals surface area (Å²) in [5.74, 6) is 1.72. The normalized spacial score (nSPS) is 14.6. The Balaban J connectivity index is 1.95. The average molecular weight is 226 g/mol. The van der Waals surface area contributed by atoms with Crippen LogP contribution in [-0.4, -0.2) is 21.0 Å². The number of aromatic nitrogens is 3. The van der Waals surface area contributed by atoms with E-state index in [9.17, 15) is 0 Å². The molecular weight excluding hydrogens is 212 g/mol. The van der Waals surface area contributed by atoms with Gasteiger partial charge in [-0.2, -0.15) is 0 Å². The van der Waals surface area contributed by atoms with E-state index in [1.165, 1.54) is 12.8 Å². The fourth-order valence-corrected chi connectivity index (χ4v) is 1.75. The molecule has 1 aliphatic carbocycles. The molecular formula is C13H14N4. The highest BCUT2D eigenvalue weighted by Gasteiger charge is 2.21. The van der Waals surface area contributed by atoms with Gasteiger partial charge in [0.1, 0.15) is 11.6 Å². The first-order chi connectivity index (χ1) is 8.31. The zero-order chi connectivity index (χ0) is 11.7. The number of hydrogen-bond acceptors (Lipinski definition) is 4. The van der Waals surface area contributed by atoms with E-state index in [0.717, 1.165) is 22.9 Å². The predicted octanol–water partition coefficient (Wildman–Crippen LogP) is 2.42. The Morgan fingerprint density at radius 3 is 2.65 bits per heavy atom. The van der Waals surface area contributed by atoms with Crippen molar-refractivity contribution in [3.05, 3.63) is 36.4 Å². The molecule has 2 aromatic heterocycles. The Bertz CT molecular complexity index is 520. The van der Waals surface area contributed by atoms with E-state index < -0.39 is 0 Å². The van der Waals surface area contributed by atoms with E-state index in [-0.39, 0.29) is 0 Å². The molecule has 3 rings (SSSR count). The first-order valence-corrected chi connectivity index (χ1v) is 5.84. The van der Waals surface area contributed by atoms with Crippen molar-refractivity contribution in [2.75, 3.05) is 5.32 Å². The number of hydrogen-bond donors (Lipinski definition) is 1. The van der Waals surface area contributed by atoms with Crippen LogP contribution in [0.3, 0.4) is 0 Å². The summed E-state index contributed by atoms with van der Waals surface area (Å²) < 4.78 is 0. The highest BCUT2D eigenvalue weighted by Crippen LogP contribution is 2.25. The standard InChI is InChI=1S/C13H14N4/c1-9-15-12(10-4-6-14-7-5-10)8-13(16-9)17-11-2-3-11/h4-8,11H,2-3H2,1H3,(H,15,16,17). The molecule has 0 bridgehead atoms. The molecule has 86 valence electrons. The van der Waals surface area contributed by atoms with Gasteiger partial charge in [-0.25, -0.2) is 9.97 Å². The quantitative estimate of drug-likeness (QED) is 0.873. The third kappa shape index (κ3) is 2.41. The van der Waals surface area contributed by atoms with E-state index in [1.807, 2.05) is 25.1 Å². The third-order valence-electron chi connectivity index (χ3n) is 2.74. The van der Waals surface area contributed by atoms with Crippen LogP contribution in [0.5, 0.6) is 0 Å². The molecule has 4 heteroatoms. The van der Waals surface area contributed by atoms with Crippen molar-refractivity contribution in [2.45, 2.75) is 25.8 Å². The molecule has 1 saturated carbocycles. The zero-order valence-electron chi connectivity index (χ0n) is 9.72. The molecule has 17 heavy (non-hydrogen) atoms. The van der Waals surface area contributed by atoms with E-state index >= 15 is 0 Å². The van der Waals surface area contributed by atoms with Gasteiger partial charge < -0.3 is 5.32 Å². The molecule has 2 aromatic rings. The lowest BCUT2D eigenvalue weighted by Crippen LogP contribution is -2.05. The summed E-state index contributed by atoms with van der Waals surface area (Å²) in [4.78, 5) is 12.9. The van der Waals surface area contributed by atoms with Gasteiger partial charge in [-0.3, -0.25) is 4.98 Å². The van der Waals surface area contributed by atoms with Crippen molar-refractivity contribution in [1.29, 1.82) is 0 Å². The number of pyridine rings is 1. The zero-order valence-corrected chi connectivity index (χ0v) is 9.72. The van der Waals surface area contributed by atoms with Crippen LogP contribution in [0.2, 0.25) is 0 Å². The van der Waals surface area contributed by atoms with Crippen LogP contribution >= 0.6 is 0 Å². The smallest absolute Gasteiger partial charge is 0.130 e. The van der Waals surface area contributed by atoms with E-state index in [2.05, 4.69) is 20.3 Å². The van der Waals surface area contributed by atoms with Crippen LogP contribution in [-0.2, 0) is 0 Å². The van der Waals surface area contributed by atoms with Gasteiger partial charge in [-0.1, -0.05) is 0 Å². The van der Waals surface area contributed by atoms with Gasteiger partial charge >= 0.3 is 0 Å². The molecule has 1 N–H and O–H groups in total. The van der Waals surface area contributed by atoms with Gasteiger partial charge in [0.15, 0.2) is 0 Å². The Labute approximate surface area is 100 Å². The van der Waals surface area contributed by atoms with Gasteiger partial charge in [0.05, 0.1) is 5.69 Å². The molecule has 0 spiro atoms. The maximum absolute atomic E-state index is 4.45. The summed E-state index contributed by atoms with van der Waals surface area (Å²) in [6.45, 7) is 1.92. The van der Waals surface area contributed by atoms with Gasteiger partial charge in [-0.05, 0) is 31.9 Å². The van der Waals surface area contributed by atoms with Gasteiger partial charge in [0.25, 0.3) is 0 Å². The fraction of sp³-hybridized carbons (Fsp3) is 0.308. The Kier molecular flexibility index (Phi) is 2.48. The van der Waals surface area contributed by atoms with Crippen molar-refractivity contribution in [3.63, 3.8) is 0 Å². The second kappa shape index (κ2) is 4.13. The monoisotopic (exact) mass is 226 g/mol. The average Bonchev–Trinajstić information content (AvgIpc) is 3.13. The number of anilines is 1. The summed E-state index contributed by atoms with van der Waals surface area (Å²) in [7, 11) is 0. The molecule has 0 saturated heterocycles. The highest BCUT2D eigenvalue weighted by atomic mass is 15.1. The predicted molar refractivity (Wildman–Crippen MR) is 66.6 cm³/mol. The van der Waals surface area contributed by atoms with Crippen molar-refractivity contribution in [1.82, 2.24) is 15.0 Å². The van der Waals surface area contributed by atoms with E-state index in [4.69, 9.17) is 0 Å². The highest BCUT2D eigenvalue weighted by molar-refractivity contribution is 5.62. The number of rotatable bonds is 3. The maximum Gasteiger partial charge on any atom is 0.130 e. The van der Waals surface area contributed by atoms with Gasteiger partial charge in [-0.15, -0.1) is 0 Å². The van der Waals surface area contributed by atoms with E-state index in [1.54, 1.807) is 12.4 Å². The second-order valence-electron chi connectivity index (χ2n) is 4.34. The van der Waals surface area contributed by atoms with Crippen molar-refractivity contribution in [3.8, 4) is 11.3 Å². The van der Waals surface area contributed by atoms with Crippen LogP contribution in [0.4, 0.5) is 5.82 Å². The van der Waals surface area contributed by atoms with Crippen molar-refractivity contribution < 1.29 is 0 Å². The lowest BCUT2D eigenvalue weighted by Gasteiger charge is -2.07. The van der Waals surface area contributed by atoms with Gasteiger partial charge in [0.2, 0.25) is 0 Å². The molecule has 0 unspecified atom stereocenters. The first-order valence-electron chi connectivity index (χ1n) is 5.84. The van der Waals surface area contributed by atoms with Crippen LogP contribution in [0.15, 0.2) is 30.6 Å². The minimum Gasteiger partial charge on any atom is -0.367 e. The molecule has 0 radical (unpaired) electrons. The molecule has 1 fully saturated rings. The summed E-state index contributed by atoms with van der Waals surface area (Å²) in [6, 6.07) is 6.53. The number of nitrogens with one attached hydrogen (secondary N) is 1. The first kappa shape index (κ1) is 10.2. The Hall–Kier alpha value is -1.97. The molecule has 4 nitrogen and oxygen atoms in total. The molecule has 0 aromatic carbocycles. The molecule has 0 aliphatic heterocycles. The SMILES string of the molecule is Cc1nc(NC2CC2)cc(-c2ccncc2)n1. The minimum absolute atomic E-state index is 0.606. The molecule has 0 atom stereocenters. The van der Waals surface area contributed by atoms with Gasteiger partial charge in [0, 0.05) is 30.1 Å². The largest absolute Gasteiger partial charge is 0.367 e. The molecule has 1 aliphatic rings. The third-order valence-corrected chi connectivity index (χ3v) is 2.74. The minimum atomic E-state index is 0.606. The van der Waals surface area contributed by atoms with Crippen molar-refractivity contribution >= 4 is 5.82 Å². The van der Waals surface area contributed by atoms with Crippen LogP contribution in [0.1, 0.15) is 18.7 Å². The fourth-order valence-electron chi connectivity index (χ4n) is 1.75. The Morgan fingerprint density at radius 1 is 1.18 bits per heavy atom. The summed E-state index contributed by atoms with van der Waals surface area (Å²) in [5, 5.41) is 3.40. The number of aryl methyl sites for hydroxylation is 1. The summed E-state index contributed by atoms with van der Waals surface area (Å²) >= 11 is 0. The maximum atomic E-state index is 4.45. The molecule has 0 amide bonds. The summed E-state index contributed by atoms with van der Waals surface area (Å²) in [5.41, 5.74) is 2.02. The van der Waals surface area contributed by atoms with Crippen LogP contribution < -0.4 is 5.32 Å². The van der Waals surface area contributed by atoms with Crippen LogP contribution in [0.25, 0.3) is 11.3 Å². The van der Waals surface area contributed by atoms with Crippen molar-refractivity contribution in [2.24, 2.45) is 0 Å². The molecule has 2 heterocycles. The lowest BCUT2D eigenvalue weighted by molar-refractivity contribution is 1.02. The topological polar surface area (TPSA) is 50.7 Å². The van der Waals surface area contributed by atoms with Crippen LogP contribution in [0, 0.1) is 6.92 Å². The summed E-state index contributed by atoms with van der Waals surface area (Å²) in [6.07, 6.45) is 6.04.